The molecular weight excluding hydrogens is 729 g/mol. The van der Waals surface area contributed by atoms with Crippen molar-refractivity contribution in [3.63, 3.8) is 0 Å². The summed E-state index contributed by atoms with van der Waals surface area (Å²) < 4.78 is 44.0. The normalized spacial score (nSPS) is 23.6. The fourth-order valence-corrected chi connectivity index (χ4v) is 8.16. The number of rotatable bonds is 13. The number of ether oxygens (including phenoxy) is 3. The Morgan fingerprint density at radius 1 is 1.15 bits per heavy atom. The monoisotopic (exact) mass is 774 g/mol. The molecule has 2 aliphatic carbocycles. The first-order valence-electron chi connectivity index (χ1n) is 17.2. The Morgan fingerprint density at radius 2 is 1.87 bits per heavy atom. The summed E-state index contributed by atoms with van der Waals surface area (Å²) in [6, 6.07) is 2.81. The first kappa shape index (κ1) is 39.7. The molecule has 1 aromatic heterocycles. The van der Waals surface area contributed by atoms with Crippen LogP contribution in [-0.2, 0) is 38.6 Å². The number of hydrogen-bond donors (Lipinski definition) is 4. The Bertz CT molecular complexity index is 1860. The molecule has 2 heterocycles. The predicted octanol–water partition coefficient (Wildman–Crippen LogP) is 3.23. The maximum Gasteiger partial charge on any atom is 0.411 e. The van der Waals surface area contributed by atoms with Gasteiger partial charge in [-0.05, 0) is 71.6 Å². The van der Waals surface area contributed by atoms with E-state index in [1.165, 1.54) is 24.5 Å². The topological polar surface area (TPSA) is 211 Å². The number of aryl methyl sites for hydroxylation is 1. The average molecular weight is 775 g/mol. The zero-order valence-electron chi connectivity index (χ0n) is 30.5. The Kier molecular flexibility index (Phi) is 11.5. The van der Waals surface area contributed by atoms with E-state index in [1.54, 1.807) is 45.3 Å². The summed E-state index contributed by atoms with van der Waals surface area (Å²) >= 11 is 1.39. The lowest BCUT2D eigenvalue weighted by Gasteiger charge is -2.32. The summed E-state index contributed by atoms with van der Waals surface area (Å²) in [6.45, 7) is 11.8. The fourth-order valence-electron chi connectivity index (χ4n) is 6.12. The van der Waals surface area contributed by atoms with Gasteiger partial charge in [0.2, 0.25) is 21.8 Å². The van der Waals surface area contributed by atoms with Crippen LogP contribution < -0.4 is 20.7 Å². The minimum Gasteiger partial charge on any atom is -0.444 e. The highest BCUT2D eigenvalue weighted by Crippen LogP contribution is 2.45. The molecule has 3 aliphatic rings. The van der Waals surface area contributed by atoms with Crippen molar-refractivity contribution in [3.05, 3.63) is 48.0 Å². The van der Waals surface area contributed by atoms with Crippen molar-refractivity contribution in [2.45, 2.75) is 101 Å². The number of nitrogens with one attached hydrogen (secondary N) is 4. The number of carbonyl (C=O) groups excluding carboxylic acids is 5. The van der Waals surface area contributed by atoms with Crippen LogP contribution in [0.25, 0.3) is 10.6 Å². The third kappa shape index (κ3) is 9.34. The van der Waals surface area contributed by atoms with Gasteiger partial charge < -0.3 is 29.7 Å². The molecule has 1 aliphatic heterocycles. The molecule has 3 fully saturated rings. The largest absolute Gasteiger partial charge is 0.444 e. The molecule has 1 unspecified atom stereocenters. The highest BCUT2D eigenvalue weighted by Gasteiger charge is 2.62. The number of hydrogen-bond acceptors (Lipinski definition) is 12. The molecule has 2 saturated carbocycles. The van der Waals surface area contributed by atoms with Crippen LogP contribution in [-0.4, -0.2) is 103 Å². The zero-order valence-corrected chi connectivity index (χ0v) is 32.1. The lowest BCUT2D eigenvalue weighted by molar-refractivity contribution is -0.143. The Balaban J connectivity index is 1.39. The SMILES string of the molecule is C=CC1C[C@]1(NC(=O)[C@@H]1C[C@@H](OC(=O)Nc2cc(C)ccc2-c2nccs2)CN1C(=O)[C@@H](NC(=O)OC(C)(C)C)[C@@H](C)OC)C(=O)NS(=O)(=O)C1CC1. The first-order chi connectivity index (χ1) is 24.9. The Morgan fingerprint density at radius 3 is 2.45 bits per heavy atom. The van der Waals surface area contributed by atoms with Gasteiger partial charge in [0, 0.05) is 36.6 Å². The highest BCUT2D eigenvalue weighted by molar-refractivity contribution is 7.91. The van der Waals surface area contributed by atoms with Gasteiger partial charge in [0.1, 0.15) is 34.3 Å². The molecule has 16 nitrogen and oxygen atoms in total. The third-order valence-electron chi connectivity index (χ3n) is 9.23. The molecule has 6 atom stereocenters. The number of benzene rings is 1. The average Bonchev–Trinajstić information content (AvgIpc) is 3.95. The Labute approximate surface area is 312 Å². The van der Waals surface area contributed by atoms with E-state index >= 15 is 0 Å². The second kappa shape index (κ2) is 15.4. The molecule has 0 spiro atoms. The van der Waals surface area contributed by atoms with Gasteiger partial charge in [0.25, 0.3) is 5.91 Å². The summed E-state index contributed by atoms with van der Waals surface area (Å²) in [5, 5.41) is 9.77. The molecule has 5 rings (SSSR count). The molecule has 53 heavy (non-hydrogen) atoms. The van der Waals surface area contributed by atoms with Gasteiger partial charge in [-0.15, -0.1) is 17.9 Å². The van der Waals surface area contributed by atoms with E-state index in [2.05, 4.69) is 32.2 Å². The number of likely N-dealkylation sites (tertiary alicyclic amines) is 1. The Hall–Kier alpha value is -4.55. The highest BCUT2D eigenvalue weighted by atomic mass is 32.2. The maximum atomic E-state index is 14.3. The number of aromatic nitrogens is 1. The van der Waals surface area contributed by atoms with Crippen molar-refractivity contribution in [2.24, 2.45) is 5.92 Å². The summed E-state index contributed by atoms with van der Waals surface area (Å²) in [6.07, 6.45) is 0.174. The second-order valence-electron chi connectivity index (χ2n) is 14.5. The van der Waals surface area contributed by atoms with Crippen molar-refractivity contribution in [3.8, 4) is 10.6 Å². The van der Waals surface area contributed by atoms with Crippen LogP contribution in [0, 0.1) is 12.8 Å². The molecule has 0 radical (unpaired) electrons. The van der Waals surface area contributed by atoms with E-state index in [-0.39, 0.29) is 19.4 Å². The van der Waals surface area contributed by atoms with E-state index < -0.39 is 86.5 Å². The lowest BCUT2D eigenvalue weighted by atomic mass is 10.1. The first-order valence-corrected chi connectivity index (χ1v) is 19.6. The van der Waals surface area contributed by atoms with Crippen LogP contribution >= 0.6 is 11.3 Å². The smallest absolute Gasteiger partial charge is 0.411 e. The summed E-state index contributed by atoms with van der Waals surface area (Å²) in [4.78, 5) is 73.5. The molecule has 288 valence electrons. The van der Waals surface area contributed by atoms with Crippen LogP contribution in [0.2, 0.25) is 0 Å². The van der Waals surface area contributed by atoms with E-state index in [0.717, 1.165) is 10.5 Å². The number of methoxy groups -OCH3 is 1. The molecule has 1 saturated heterocycles. The zero-order chi connectivity index (χ0) is 38.9. The van der Waals surface area contributed by atoms with Crippen molar-refractivity contribution < 1.29 is 46.6 Å². The molecule has 0 bridgehead atoms. The van der Waals surface area contributed by atoms with Gasteiger partial charge in [-0.3, -0.25) is 24.4 Å². The number of thiazole rings is 1. The van der Waals surface area contributed by atoms with E-state index in [0.29, 0.717) is 29.1 Å². The van der Waals surface area contributed by atoms with Crippen molar-refractivity contribution in [1.29, 1.82) is 0 Å². The minimum absolute atomic E-state index is 0.0821. The molecule has 4 N–H and O–H groups in total. The standard InChI is InChI=1S/C35H46N6O10S2/c1-8-21-17-35(21,31(44)40-53(47,48)23-10-11-23)39-28(42)26-16-22(18-41(26)30(43)27(20(3)49-7)38-33(46)51-34(4,5)6)50-32(45)37-25-15-19(2)9-12-24(25)29-36-13-14-52-29/h8-9,12-15,20-23,26-27H,1,10-11,16-18H2,2-7H3,(H,37,45)(H,38,46)(H,39,42)(H,40,44)/t20-,21?,22-,26+,27+,35-/m1/s1. The number of carbonyl (C=O) groups is 5. The molecule has 5 amide bonds. The number of amides is 5. The fraction of sp³-hybridized carbons (Fsp3) is 0.543. The lowest BCUT2D eigenvalue weighted by Crippen LogP contribution is -2.60. The predicted molar refractivity (Wildman–Crippen MR) is 195 cm³/mol. The van der Waals surface area contributed by atoms with E-state index in [4.69, 9.17) is 14.2 Å². The third-order valence-corrected chi connectivity index (χ3v) is 11.9. The summed E-state index contributed by atoms with van der Waals surface area (Å²) in [5.41, 5.74) is -0.537. The van der Waals surface area contributed by atoms with Crippen LogP contribution in [0.1, 0.15) is 58.9 Å². The van der Waals surface area contributed by atoms with Crippen LogP contribution in [0.4, 0.5) is 15.3 Å². The van der Waals surface area contributed by atoms with Crippen LogP contribution in [0.5, 0.6) is 0 Å². The number of anilines is 1. The van der Waals surface area contributed by atoms with Crippen molar-refractivity contribution in [1.82, 2.24) is 25.2 Å². The van der Waals surface area contributed by atoms with Crippen LogP contribution in [0.15, 0.2) is 42.4 Å². The molecular formula is C35H46N6O10S2. The van der Waals surface area contributed by atoms with Crippen molar-refractivity contribution in [2.75, 3.05) is 19.0 Å². The maximum absolute atomic E-state index is 14.3. The second-order valence-corrected chi connectivity index (χ2v) is 17.4. The van der Waals surface area contributed by atoms with Crippen LogP contribution in [0.3, 0.4) is 0 Å². The van der Waals surface area contributed by atoms with Gasteiger partial charge in [-0.1, -0.05) is 12.1 Å². The minimum atomic E-state index is -3.94. The van der Waals surface area contributed by atoms with Gasteiger partial charge >= 0.3 is 12.2 Å². The summed E-state index contributed by atoms with van der Waals surface area (Å²) in [7, 11) is -2.60. The van der Waals surface area contributed by atoms with Gasteiger partial charge in [-0.25, -0.2) is 23.0 Å². The molecule has 1 aromatic carbocycles. The number of nitrogens with zero attached hydrogens (tertiary/aromatic N) is 2. The van der Waals surface area contributed by atoms with E-state index in [9.17, 15) is 32.4 Å². The summed E-state index contributed by atoms with van der Waals surface area (Å²) in [5.74, 6) is -3.02. The van der Waals surface area contributed by atoms with Gasteiger partial charge in [-0.2, -0.15) is 0 Å². The van der Waals surface area contributed by atoms with E-state index in [1.807, 2.05) is 19.1 Å². The van der Waals surface area contributed by atoms with Gasteiger partial charge in [0.05, 0.1) is 23.6 Å². The molecule has 2 aromatic rings. The quantitative estimate of drug-likeness (QED) is 0.217. The van der Waals surface area contributed by atoms with Gasteiger partial charge in [0.15, 0.2) is 0 Å². The molecule has 18 heteroatoms. The number of sulfonamides is 1. The number of alkyl carbamates (subject to hydrolysis) is 1. The van der Waals surface area contributed by atoms with Crippen molar-refractivity contribution >= 4 is 57.0 Å².